The van der Waals surface area contributed by atoms with Gasteiger partial charge in [-0.3, -0.25) is 4.79 Å². The molecule has 78 valence electrons. The smallest absolute Gasteiger partial charge is 0.418 e. The molecule has 0 atom stereocenters. The van der Waals surface area contributed by atoms with Crippen LogP contribution in [0.3, 0.4) is 0 Å². The van der Waals surface area contributed by atoms with E-state index in [0.717, 1.165) is 25.9 Å². The van der Waals surface area contributed by atoms with Gasteiger partial charge in [-0.25, -0.2) is 0 Å². The Labute approximate surface area is 74.0 Å². The van der Waals surface area contributed by atoms with E-state index in [1.165, 1.54) is 0 Å². The van der Waals surface area contributed by atoms with Gasteiger partial charge in [0.1, 0.15) is 0 Å². The lowest BCUT2D eigenvalue weighted by atomic mass is 10.3. The van der Waals surface area contributed by atoms with Crippen LogP contribution >= 0.6 is 0 Å². The van der Waals surface area contributed by atoms with E-state index in [0.29, 0.717) is 5.91 Å². The Bertz CT molecular complexity index is 167. The molecule has 1 heterocycles. The molecular weight excluding hydrogens is 189 g/mol. The van der Waals surface area contributed by atoms with Gasteiger partial charge in [0, 0.05) is 19.5 Å². The first-order chi connectivity index (χ1) is 5.84. The first kappa shape index (κ1) is 12.3. The zero-order valence-electron chi connectivity index (χ0n) is 7.27. The number of hydrogen-bond donors (Lipinski definition) is 0. The van der Waals surface area contributed by atoms with Gasteiger partial charge in [-0.05, 0) is 13.3 Å². The van der Waals surface area contributed by atoms with Crippen molar-refractivity contribution >= 4 is 13.2 Å². The molecule has 0 bridgehead atoms. The fourth-order valence-electron chi connectivity index (χ4n) is 1.04. The van der Waals surface area contributed by atoms with Gasteiger partial charge in [0.05, 0.1) is 0 Å². The molecule has 1 fully saturated rings. The molecule has 7 heteroatoms. The van der Waals surface area contributed by atoms with Crippen molar-refractivity contribution in [3.63, 3.8) is 0 Å². The number of rotatable bonds is 1. The van der Waals surface area contributed by atoms with Gasteiger partial charge in [0.2, 0.25) is 5.91 Å². The van der Waals surface area contributed by atoms with Crippen LogP contribution in [0, 0.1) is 0 Å². The largest absolute Gasteiger partial charge is 0.673 e. The van der Waals surface area contributed by atoms with Gasteiger partial charge in [-0.2, -0.15) is 0 Å². The molecule has 0 saturated carbocycles. The quantitative estimate of drug-likeness (QED) is 0.467. The van der Waals surface area contributed by atoms with Crippen molar-refractivity contribution in [1.82, 2.24) is 4.90 Å². The van der Waals surface area contributed by atoms with Crippen molar-refractivity contribution in [1.29, 1.82) is 0 Å². The van der Waals surface area contributed by atoms with E-state index in [-0.39, 0.29) is 0 Å². The predicted octanol–water partition coefficient (Wildman–Crippen LogP) is 1.93. The van der Waals surface area contributed by atoms with Crippen molar-refractivity contribution in [2.24, 2.45) is 0 Å². The van der Waals surface area contributed by atoms with Gasteiger partial charge in [0.15, 0.2) is 0 Å². The van der Waals surface area contributed by atoms with E-state index in [2.05, 4.69) is 0 Å². The molecule has 1 amide bonds. The standard InChI is InChI=1S/C6H11NO.BF4/c1-2-7-5-3-4-6(7)8;2-1(3,4)5/h2-5H2,1H3;/q;-1. The monoisotopic (exact) mass is 200 g/mol. The van der Waals surface area contributed by atoms with Crippen molar-refractivity contribution in [2.75, 3.05) is 13.1 Å². The average molecular weight is 200 g/mol. The van der Waals surface area contributed by atoms with Crippen LogP contribution in [-0.4, -0.2) is 31.2 Å². The molecule has 2 nitrogen and oxygen atoms in total. The Morgan fingerprint density at radius 3 is 2.00 bits per heavy atom. The number of amides is 1. The lowest BCUT2D eigenvalue weighted by molar-refractivity contribution is -0.127. The summed E-state index contributed by atoms with van der Waals surface area (Å²) in [6.45, 7) is 3.89. The van der Waals surface area contributed by atoms with Crippen molar-refractivity contribution in [3.05, 3.63) is 0 Å². The van der Waals surface area contributed by atoms with Crippen LogP contribution in [-0.2, 0) is 4.79 Å². The number of halogens is 4. The van der Waals surface area contributed by atoms with Crippen molar-refractivity contribution < 1.29 is 22.1 Å². The summed E-state index contributed by atoms with van der Waals surface area (Å²) >= 11 is 0. The van der Waals surface area contributed by atoms with Crippen LogP contribution in [0.4, 0.5) is 17.3 Å². The number of carbonyl (C=O) groups excluding carboxylic acids is 1. The number of hydrogen-bond acceptors (Lipinski definition) is 1. The van der Waals surface area contributed by atoms with E-state index in [1.54, 1.807) is 0 Å². The second-order valence-electron chi connectivity index (χ2n) is 2.57. The molecule has 0 radical (unpaired) electrons. The molecule has 0 aromatic carbocycles. The average Bonchev–Trinajstić information content (AvgIpc) is 2.31. The SMILES string of the molecule is CCN1CCCC1=O.F[B-](F)(F)F. The normalized spacial score (nSPS) is 17.0. The summed E-state index contributed by atoms with van der Waals surface area (Å²) in [5.41, 5.74) is 0. The number of likely N-dealkylation sites (tertiary alicyclic amines) is 1. The summed E-state index contributed by atoms with van der Waals surface area (Å²) in [7, 11) is -6.00. The van der Waals surface area contributed by atoms with Gasteiger partial charge < -0.3 is 22.2 Å². The molecule has 13 heavy (non-hydrogen) atoms. The minimum atomic E-state index is -6.00. The van der Waals surface area contributed by atoms with Gasteiger partial charge in [-0.1, -0.05) is 0 Å². The molecule has 1 saturated heterocycles. The zero-order chi connectivity index (χ0) is 10.5. The molecule has 1 rings (SSSR count). The fourth-order valence-corrected chi connectivity index (χ4v) is 1.04. The molecule has 0 N–H and O–H groups in total. The Kier molecular flexibility index (Phi) is 4.79. The fraction of sp³-hybridized carbons (Fsp3) is 0.833. The van der Waals surface area contributed by atoms with Crippen molar-refractivity contribution in [3.8, 4) is 0 Å². The molecule has 0 aliphatic carbocycles. The molecule has 0 spiro atoms. The maximum atomic E-state index is 10.7. The predicted molar refractivity (Wildman–Crippen MR) is 41.7 cm³/mol. The molecular formula is C6H11BF4NO-. The maximum absolute atomic E-state index is 10.7. The third-order valence-electron chi connectivity index (χ3n) is 1.55. The molecule has 1 aliphatic heterocycles. The summed E-state index contributed by atoms with van der Waals surface area (Å²) in [6, 6.07) is 0. The maximum Gasteiger partial charge on any atom is 0.673 e. The lowest BCUT2D eigenvalue weighted by Gasteiger charge is -2.10. The minimum absolute atomic E-state index is 0.326. The highest BCUT2D eigenvalue weighted by Gasteiger charge is 2.20. The topological polar surface area (TPSA) is 20.3 Å². The van der Waals surface area contributed by atoms with Crippen LogP contribution in [0.1, 0.15) is 19.8 Å². The zero-order valence-corrected chi connectivity index (χ0v) is 7.27. The minimum Gasteiger partial charge on any atom is -0.418 e. The molecule has 0 unspecified atom stereocenters. The van der Waals surface area contributed by atoms with Crippen LogP contribution in [0.2, 0.25) is 0 Å². The van der Waals surface area contributed by atoms with E-state index < -0.39 is 7.25 Å². The number of carbonyl (C=O) groups is 1. The summed E-state index contributed by atoms with van der Waals surface area (Å²) in [5.74, 6) is 0.326. The second kappa shape index (κ2) is 5.09. The third kappa shape index (κ3) is 7.61. The molecule has 1 aliphatic rings. The Morgan fingerprint density at radius 1 is 1.38 bits per heavy atom. The van der Waals surface area contributed by atoms with Crippen LogP contribution in [0.5, 0.6) is 0 Å². The summed E-state index contributed by atoms with van der Waals surface area (Å²) < 4.78 is 39.0. The van der Waals surface area contributed by atoms with E-state index in [1.807, 2.05) is 11.8 Å². The first-order valence-electron chi connectivity index (χ1n) is 3.99. The summed E-state index contributed by atoms with van der Waals surface area (Å²) in [5, 5.41) is 0. The van der Waals surface area contributed by atoms with Crippen LogP contribution in [0.25, 0.3) is 0 Å². The van der Waals surface area contributed by atoms with E-state index in [4.69, 9.17) is 0 Å². The highest BCUT2D eigenvalue weighted by Crippen LogP contribution is 2.07. The lowest BCUT2D eigenvalue weighted by Crippen LogP contribution is -2.23. The van der Waals surface area contributed by atoms with Crippen LogP contribution < -0.4 is 0 Å². The van der Waals surface area contributed by atoms with Crippen LogP contribution in [0.15, 0.2) is 0 Å². The summed E-state index contributed by atoms with van der Waals surface area (Å²) in [4.78, 5) is 12.6. The highest BCUT2D eigenvalue weighted by molar-refractivity contribution is 6.50. The molecule has 0 aromatic rings. The Morgan fingerprint density at radius 2 is 1.85 bits per heavy atom. The van der Waals surface area contributed by atoms with Crippen molar-refractivity contribution in [2.45, 2.75) is 19.8 Å². The van der Waals surface area contributed by atoms with E-state index in [9.17, 15) is 22.1 Å². The third-order valence-corrected chi connectivity index (χ3v) is 1.55. The van der Waals surface area contributed by atoms with Gasteiger partial charge in [0.25, 0.3) is 0 Å². The Hall–Kier alpha value is -0.745. The van der Waals surface area contributed by atoms with Gasteiger partial charge >= 0.3 is 7.25 Å². The first-order valence-corrected chi connectivity index (χ1v) is 3.99. The summed E-state index contributed by atoms with van der Waals surface area (Å²) in [6.07, 6.45) is 1.83. The Balaban J connectivity index is 0.000000252. The highest BCUT2D eigenvalue weighted by atomic mass is 19.5. The second-order valence-corrected chi connectivity index (χ2v) is 2.57. The van der Waals surface area contributed by atoms with E-state index >= 15 is 0 Å². The van der Waals surface area contributed by atoms with Gasteiger partial charge in [-0.15, -0.1) is 0 Å². The number of nitrogens with zero attached hydrogens (tertiary/aromatic N) is 1. The molecule has 0 aromatic heterocycles.